The fourth-order valence-electron chi connectivity index (χ4n) is 3.61. The number of unbranched alkanes of at least 4 members (excludes halogenated alkanes) is 1. The molecule has 166 valence electrons. The van der Waals surface area contributed by atoms with E-state index < -0.39 is 12.0 Å². The van der Waals surface area contributed by atoms with Gasteiger partial charge in [-0.2, -0.15) is 5.10 Å². The Morgan fingerprint density at radius 3 is 2.29 bits per heavy atom. The van der Waals surface area contributed by atoms with Crippen molar-refractivity contribution in [2.75, 3.05) is 0 Å². The van der Waals surface area contributed by atoms with Crippen molar-refractivity contribution in [2.24, 2.45) is 22.6 Å². The normalized spacial score (nSPS) is 12.6. The highest BCUT2D eigenvalue weighted by atomic mass is 16.4. The molecule has 7 heteroatoms. The van der Waals surface area contributed by atoms with Gasteiger partial charge >= 0.3 is 5.97 Å². The molecule has 0 radical (unpaired) electrons. The van der Waals surface area contributed by atoms with Crippen LogP contribution in [-0.2, 0) is 16.1 Å². The third kappa shape index (κ3) is 6.07. The maximum atomic E-state index is 12.8. The molecule has 0 aliphatic heterocycles. The molecule has 0 spiro atoms. The molecule has 1 atom stereocenters. The zero-order valence-electron chi connectivity index (χ0n) is 18.4. The molecular weight excluding hydrogens is 392 g/mol. The molecule has 0 bridgehead atoms. The van der Waals surface area contributed by atoms with E-state index in [2.05, 4.69) is 5.10 Å². The number of hydrogen-bond donors (Lipinski definition) is 3. The van der Waals surface area contributed by atoms with Crippen LogP contribution in [0.25, 0.3) is 11.1 Å². The lowest BCUT2D eigenvalue weighted by atomic mass is 9.97. The van der Waals surface area contributed by atoms with Crippen LogP contribution in [0.3, 0.4) is 0 Å². The number of benzene rings is 2. The standard InChI is InChI=1S/C24H32N4O3/c1-4-5-10-21(29)28(22(16(2)3)24(30)31)15-17-11-13-18(14-12-17)19-8-6-7-9-20(19)23(25)27-26/h6-9,11-14,16,22H,4-5,10,15,26H2,1-3H3,(H2,25,27)(H,30,31). The van der Waals surface area contributed by atoms with Gasteiger partial charge in [-0.1, -0.05) is 75.7 Å². The van der Waals surface area contributed by atoms with Gasteiger partial charge in [0.1, 0.15) is 6.04 Å². The number of nitrogens with zero attached hydrogens (tertiary/aromatic N) is 2. The fourth-order valence-corrected chi connectivity index (χ4v) is 3.61. The number of carboxylic acids is 1. The first-order valence-electron chi connectivity index (χ1n) is 10.5. The van der Waals surface area contributed by atoms with Crippen LogP contribution in [0, 0.1) is 5.92 Å². The summed E-state index contributed by atoms with van der Waals surface area (Å²) < 4.78 is 0. The summed E-state index contributed by atoms with van der Waals surface area (Å²) in [5.41, 5.74) is 9.33. The summed E-state index contributed by atoms with van der Waals surface area (Å²) in [7, 11) is 0. The molecule has 2 aromatic carbocycles. The van der Waals surface area contributed by atoms with Gasteiger partial charge < -0.3 is 21.6 Å². The van der Waals surface area contributed by atoms with Crippen molar-refractivity contribution >= 4 is 17.7 Å². The second-order valence-electron chi connectivity index (χ2n) is 7.91. The summed E-state index contributed by atoms with van der Waals surface area (Å²) in [5, 5.41) is 13.3. The van der Waals surface area contributed by atoms with E-state index in [0.717, 1.165) is 35.1 Å². The highest BCUT2D eigenvalue weighted by Crippen LogP contribution is 2.25. The first-order valence-corrected chi connectivity index (χ1v) is 10.5. The Morgan fingerprint density at radius 1 is 1.10 bits per heavy atom. The molecule has 1 unspecified atom stereocenters. The van der Waals surface area contributed by atoms with Gasteiger partial charge in [0.05, 0.1) is 0 Å². The van der Waals surface area contributed by atoms with Gasteiger partial charge in [-0.25, -0.2) is 4.79 Å². The first-order chi connectivity index (χ1) is 14.8. The van der Waals surface area contributed by atoms with Crippen molar-refractivity contribution in [3.8, 4) is 11.1 Å². The van der Waals surface area contributed by atoms with E-state index >= 15 is 0 Å². The minimum atomic E-state index is -0.984. The molecule has 0 saturated heterocycles. The summed E-state index contributed by atoms with van der Waals surface area (Å²) in [6.45, 7) is 5.89. The molecule has 0 saturated carbocycles. The number of hydrazone groups is 1. The van der Waals surface area contributed by atoms with Gasteiger partial charge in [-0.3, -0.25) is 4.79 Å². The van der Waals surface area contributed by atoms with Crippen molar-refractivity contribution in [3.05, 3.63) is 59.7 Å². The second-order valence-corrected chi connectivity index (χ2v) is 7.91. The molecule has 0 heterocycles. The quantitative estimate of drug-likeness (QED) is 0.233. The number of nitrogens with two attached hydrogens (primary N) is 2. The fraction of sp³-hybridized carbons (Fsp3) is 0.375. The van der Waals surface area contributed by atoms with Crippen LogP contribution >= 0.6 is 0 Å². The van der Waals surface area contributed by atoms with E-state index in [1.165, 1.54) is 4.90 Å². The molecule has 7 nitrogen and oxygen atoms in total. The summed E-state index contributed by atoms with van der Waals surface area (Å²) in [4.78, 5) is 26.2. The summed E-state index contributed by atoms with van der Waals surface area (Å²) >= 11 is 0. The van der Waals surface area contributed by atoms with Gasteiger partial charge in [0.25, 0.3) is 0 Å². The van der Waals surface area contributed by atoms with Gasteiger partial charge in [0.2, 0.25) is 5.91 Å². The maximum Gasteiger partial charge on any atom is 0.326 e. The Bertz CT molecular complexity index is 923. The van der Waals surface area contributed by atoms with Gasteiger partial charge in [-0.15, -0.1) is 0 Å². The van der Waals surface area contributed by atoms with Crippen molar-refractivity contribution in [1.29, 1.82) is 0 Å². The first kappa shape index (κ1) is 23.9. The SMILES string of the molecule is CCCCC(=O)N(Cc1ccc(-c2ccccc2C(N)=NN)cc1)C(C(=O)O)C(C)C. The highest BCUT2D eigenvalue weighted by Gasteiger charge is 2.32. The van der Waals surface area contributed by atoms with Crippen molar-refractivity contribution in [1.82, 2.24) is 4.90 Å². The van der Waals surface area contributed by atoms with Gasteiger partial charge in [-0.05, 0) is 29.0 Å². The molecular formula is C24H32N4O3. The summed E-state index contributed by atoms with van der Waals surface area (Å²) in [6, 6.07) is 14.3. The summed E-state index contributed by atoms with van der Waals surface area (Å²) in [6.07, 6.45) is 1.96. The smallest absolute Gasteiger partial charge is 0.326 e. The van der Waals surface area contributed by atoms with Gasteiger partial charge in [0, 0.05) is 18.5 Å². The van der Waals surface area contributed by atoms with Crippen molar-refractivity contribution in [3.63, 3.8) is 0 Å². The van der Waals surface area contributed by atoms with Gasteiger partial charge in [0.15, 0.2) is 5.84 Å². The number of hydrogen-bond acceptors (Lipinski definition) is 4. The lowest BCUT2D eigenvalue weighted by Gasteiger charge is -2.32. The predicted octanol–water partition coefficient (Wildman–Crippen LogP) is 3.56. The minimum Gasteiger partial charge on any atom is -0.480 e. The zero-order chi connectivity index (χ0) is 23.0. The number of aliphatic carboxylic acids is 1. The van der Waals surface area contributed by atoms with Crippen LogP contribution in [0.5, 0.6) is 0 Å². The minimum absolute atomic E-state index is 0.135. The lowest BCUT2D eigenvalue weighted by molar-refractivity contribution is -0.153. The predicted molar refractivity (Wildman–Crippen MR) is 123 cm³/mol. The van der Waals surface area contributed by atoms with Crippen molar-refractivity contribution < 1.29 is 14.7 Å². The zero-order valence-corrected chi connectivity index (χ0v) is 18.4. The number of amidine groups is 1. The van der Waals surface area contributed by atoms with Crippen LogP contribution in [-0.4, -0.2) is 33.8 Å². The third-order valence-corrected chi connectivity index (χ3v) is 5.24. The van der Waals surface area contributed by atoms with Crippen LogP contribution in [0.2, 0.25) is 0 Å². The molecule has 0 aliphatic carbocycles. The Labute approximate surface area is 183 Å². The average molecular weight is 425 g/mol. The number of amides is 1. The third-order valence-electron chi connectivity index (χ3n) is 5.24. The van der Waals surface area contributed by atoms with E-state index in [0.29, 0.717) is 6.42 Å². The highest BCUT2D eigenvalue weighted by molar-refractivity contribution is 6.03. The average Bonchev–Trinajstić information content (AvgIpc) is 2.76. The van der Waals surface area contributed by atoms with E-state index in [9.17, 15) is 14.7 Å². The van der Waals surface area contributed by atoms with E-state index in [-0.39, 0.29) is 24.2 Å². The van der Waals surface area contributed by atoms with E-state index in [4.69, 9.17) is 11.6 Å². The Balaban J connectivity index is 2.33. The van der Waals surface area contributed by atoms with Crippen molar-refractivity contribution in [2.45, 2.75) is 52.6 Å². The molecule has 0 fully saturated rings. The Morgan fingerprint density at radius 2 is 1.74 bits per heavy atom. The van der Waals surface area contributed by atoms with Crippen LogP contribution < -0.4 is 11.6 Å². The summed E-state index contributed by atoms with van der Waals surface area (Å²) in [5.74, 6) is 4.27. The maximum absolute atomic E-state index is 12.8. The second kappa shape index (κ2) is 11.2. The Hall–Kier alpha value is -3.35. The Kier molecular flexibility index (Phi) is 8.61. The van der Waals surface area contributed by atoms with Crippen LogP contribution in [0.15, 0.2) is 53.6 Å². The number of rotatable bonds is 10. The lowest BCUT2D eigenvalue weighted by Crippen LogP contribution is -2.47. The molecule has 2 rings (SSSR count). The van der Waals surface area contributed by atoms with E-state index in [1.807, 2.05) is 69.3 Å². The topological polar surface area (TPSA) is 122 Å². The molecule has 31 heavy (non-hydrogen) atoms. The number of carbonyl (C=O) groups excluding carboxylic acids is 1. The van der Waals surface area contributed by atoms with E-state index in [1.54, 1.807) is 0 Å². The molecule has 2 aromatic rings. The molecule has 5 N–H and O–H groups in total. The molecule has 0 aromatic heterocycles. The monoisotopic (exact) mass is 424 g/mol. The van der Waals surface area contributed by atoms with Crippen LogP contribution in [0.1, 0.15) is 51.2 Å². The molecule has 0 aliphatic rings. The molecule has 1 amide bonds. The number of carboxylic acid groups (broad SMARTS) is 1. The van der Waals surface area contributed by atoms with Crippen LogP contribution in [0.4, 0.5) is 0 Å². The largest absolute Gasteiger partial charge is 0.480 e. The number of carbonyl (C=O) groups is 2.